The monoisotopic (exact) mass is 312 g/mol. The van der Waals surface area contributed by atoms with E-state index >= 15 is 0 Å². The maximum atomic E-state index is 12.0. The molecule has 0 fully saturated rings. The van der Waals surface area contributed by atoms with Crippen LogP contribution in [0.3, 0.4) is 0 Å². The molecule has 2 rings (SSSR count). The number of hydrogen-bond donors (Lipinski definition) is 2. The molecule has 1 amide bonds. The zero-order chi connectivity index (χ0) is 16.8. The lowest BCUT2D eigenvalue weighted by Gasteiger charge is -2.11. The van der Waals surface area contributed by atoms with Gasteiger partial charge in [0.25, 0.3) is 0 Å². The lowest BCUT2D eigenvalue weighted by molar-refractivity contribution is -0.114. The first-order valence-corrected chi connectivity index (χ1v) is 7.29. The Labute approximate surface area is 135 Å². The van der Waals surface area contributed by atoms with E-state index in [1.54, 1.807) is 18.2 Å². The molecule has 2 aromatic rings. The standard InChI is InChI=1S/C18H20N2O3/c1-12-4-7-15(8-5-12)20-17(21)11-19-16-9-6-14(10-13(16)2)18(22)23-3/h4-10,19H,11H2,1-3H3,(H,20,21). The topological polar surface area (TPSA) is 67.4 Å². The van der Waals surface area contributed by atoms with Crippen molar-refractivity contribution in [1.29, 1.82) is 0 Å². The second-order valence-corrected chi connectivity index (χ2v) is 5.29. The van der Waals surface area contributed by atoms with Crippen molar-refractivity contribution in [2.45, 2.75) is 13.8 Å². The third kappa shape index (κ3) is 4.57. The summed E-state index contributed by atoms with van der Waals surface area (Å²) in [5, 5.41) is 5.89. The Kier molecular flexibility index (Phi) is 5.36. The van der Waals surface area contributed by atoms with Gasteiger partial charge in [-0.2, -0.15) is 0 Å². The molecule has 2 aromatic carbocycles. The van der Waals surface area contributed by atoms with Crippen LogP contribution in [0.2, 0.25) is 0 Å². The highest BCUT2D eigenvalue weighted by Crippen LogP contribution is 2.17. The van der Waals surface area contributed by atoms with Gasteiger partial charge in [-0.05, 0) is 49.7 Å². The molecule has 2 N–H and O–H groups in total. The summed E-state index contributed by atoms with van der Waals surface area (Å²) in [5.74, 6) is -0.512. The zero-order valence-electron chi connectivity index (χ0n) is 13.5. The van der Waals surface area contributed by atoms with Crippen LogP contribution < -0.4 is 10.6 Å². The van der Waals surface area contributed by atoms with Crippen molar-refractivity contribution in [3.05, 3.63) is 59.2 Å². The molecule has 0 bridgehead atoms. The molecule has 0 spiro atoms. The highest BCUT2D eigenvalue weighted by Gasteiger charge is 2.08. The van der Waals surface area contributed by atoms with Crippen LogP contribution in [0.15, 0.2) is 42.5 Å². The van der Waals surface area contributed by atoms with Gasteiger partial charge in [-0.3, -0.25) is 4.79 Å². The highest BCUT2D eigenvalue weighted by molar-refractivity contribution is 5.94. The SMILES string of the molecule is COC(=O)c1ccc(NCC(=O)Nc2ccc(C)cc2)c(C)c1. The molecule has 5 heteroatoms. The first kappa shape index (κ1) is 16.5. The molecule has 5 nitrogen and oxygen atoms in total. The average molecular weight is 312 g/mol. The quantitative estimate of drug-likeness (QED) is 0.832. The summed E-state index contributed by atoms with van der Waals surface area (Å²) >= 11 is 0. The number of nitrogens with one attached hydrogen (secondary N) is 2. The van der Waals surface area contributed by atoms with Crippen LogP contribution in [0.5, 0.6) is 0 Å². The normalized spacial score (nSPS) is 10.0. The van der Waals surface area contributed by atoms with Crippen molar-refractivity contribution in [1.82, 2.24) is 0 Å². The van der Waals surface area contributed by atoms with Gasteiger partial charge in [-0.1, -0.05) is 17.7 Å². The van der Waals surface area contributed by atoms with E-state index in [9.17, 15) is 9.59 Å². The molecule has 120 valence electrons. The van der Waals surface area contributed by atoms with Gasteiger partial charge in [0.2, 0.25) is 5.91 Å². The minimum atomic E-state index is -0.378. The molecule has 0 atom stereocenters. The van der Waals surface area contributed by atoms with Crippen LogP contribution >= 0.6 is 0 Å². The van der Waals surface area contributed by atoms with Crippen molar-refractivity contribution in [3.8, 4) is 0 Å². The van der Waals surface area contributed by atoms with Crippen LogP contribution in [0.1, 0.15) is 21.5 Å². The molecule has 0 radical (unpaired) electrons. The Bertz CT molecular complexity index is 709. The van der Waals surface area contributed by atoms with Gasteiger partial charge < -0.3 is 15.4 Å². The molecule has 0 aliphatic rings. The Morgan fingerprint density at radius 3 is 2.35 bits per heavy atom. The number of methoxy groups -OCH3 is 1. The van der Waals surface area contributed by atoms with E-state index in [-0.39, 0.29) is 18.4 Å². The van der Waals surface area contributed by atoms with Gasteiger partial charge in [0.15, 0.2) is 0 Å². The van der Waals surface area contributed by atoms with Crippen LogP contribution in [0.25, 0.3) is 0 Å². The van der Waals surface area contributed by atoms with Crippen LogP contribution in [0, 0.1) is 13.8 Å². The van der Waals surface area contributed by atoms with Crippen molar-refractivity contribution < 1.29 is 14.3 Å². The molecule has 0 aliphatic heterocycles. The van der Waals surface area contributed by atoms with E-state index in [0.717, 1.165) is 22.5 Å². The number of benzene rings is 2. The van der Waals surface area contributed by atoms with Crippen LogP contribution in [-0.2, 0) is 9.53 Å². The van der Waals surface area contributed by atoms with E-state index < -0.39 is 0 Å². The summed E-state index contributed by atoms with van der Waals surface area (Å²) in [4.78, 5) is 23.4. The maximum Gasteiger partial charge on any atom is 0.337 e. The Balaban J connectivity index is 1.93. The van der Waals surface area contributed by atoms with E-state index in [0.29, 0.717) is 5.56 Å². The number of carbonyl (C=O) groups is 2. The number of carbonyl (C=O) groups excluding carboxylic acids is 2. The number of hydrogen-bond acceptors (Lipinski definition) is 4. The first-order chi connectivity index (χ1) is 11.0. The molecular weight excluding hydrogens is 292 g/mol. The Hall–Kier alpha value is -2.82. The summed E-state index contributed by atoms with van der Waals surface area (Å²) < 4.78 is 4.68. The van der Waals surface area contributed by atoms with Gasteiger partial charge >= 0.3 is 5.97 Å². The molecule has 0 saturated heterocycles. The second-order valence-electron chi connectivity index (χ2n) is 5.29. The molecule has 23 heavy (non-hydrogen) atoms. The molecular formula is C18H20N2O3. The molecule has 0 aromatic heterocycles. The number of esters is 1. The third-order valence-corrected chi connectivity index (χ3v) is 3.42. The predicted octanol–water partition coefficient (Wildman–Crippen LogP) is 3.14. The van der Waals surface area contributed by atoms with Gasteiger partial charge in [0.1, 0.15) is 0 Å². The molecule has 0 saturated carbocycles. The van der Waals surface area contributed by atoms with E-state index in [4.69, 9.17) is 0 Å². The lowest BCUT2D eigenvalue weighted by Crippen LogP contribution is -2.22. The summed E-state index contributed by atoms with van der Waals surface area (Å²) in [6.45, 7) is 4.01. The summed E-state index contributed by atoms with van der Waals surface area (Å²) in [5.41, 5.74) is 4.06. The minimum absolute atomic E-state index is 0.134. The average Bonchev–Trinajstić information content (AvgIpc) is 2.55. The van der Waals surface area contributed by atoms with Crippen molar-refractivity contribution >= 4 is 23.3 Å². The Morgan fingerprint density at radius 2 is 1.74 bits per heavy atom. The van der Waals surface area contributed by atoms with E-state index in [2.05, 4.69) is 15.4 Å². The molecule has 0 aliphatic carbocycles. The zero-order valence-corrected chi connectivity index (χ0v) is 13.5. The highest BCUT2D eigenvalue weighted by atomic mass is 16.5. The smallest absolute Gasteiger partial charge is 0.337 e. The van der Waals surface area contributed by atoms with Gasteiger partial charge in [-0.25, -0.2) is 4.79 Å². The number of aryl methyl sites for hydroxylation is 2. The van der Waals surface area contributed by atoms with Gasteiger partial charge in [0, 0.05) is 11.4 Å². The summed E-state index contributed by atoms with van der Waals surface area (Å²) in [6.07, 6.45) is 0. The van der Waals surface area contributed by atoms with E-state index in [1.165, 1.54) is 7.11 Å². The fraction of sp³-hybridized carbons (Fsp3) is 0.222. The third-order valence-electron chi connectivity index (χ3n) is 3.42. The van der Waals surface area contributed by atoms with Crippen molar-refractivity contribution in [3.63, 3.8) is 0 Å². The number of anilines is 2. The van der Waals surface area contributed by atoms with Crippen molar-refractivity contribution in [2.24, 2.45) is 0 Å². The largest absolute Gasteiger partial charge is 0.465 e. The number of amides is 1. The van der Waals surface area contributed by atoms with Crippen LogP contribution in [-0.4, -0.2) is 25.5 Å². The number of rotatable bonds is 5. The van der Waals surface area contributed by atoms with Gasteiger partial charge in [0.05, 0.1) is 19.2 Å². The summed E-state index contributed by atoms with van der Waals surface area (Å²) in [7, 11) is 1.35. The summed E-state index contributed by atoms with van der Waals surface area (Å²) in [6, 6.07) is 12.8. The van der Waals surface area contributed by atoms with Crippen molar-refractivity contribution in [2.75, 3.05) is 24.3 Å². The first-order valence-electron chi connectivity index (χ1n) is 7.29. The predicted molar refractivity (Wildman–Crippen MR) is 90.8 cm³/mol. The molecule has 0 unspecified atom stereocenters. The maximum absolute atomic E-state index is 12.0. The second kappa shape index (κ2) is 7.45. The Morgan fingerprint density at radius 1 is 1.04 bits per heavy atom. The lowest BCUT2D eigenvalue weighted by atomic mass is 10.1. The van der Waals surface area contributed by atoms with E-state index in [1.807, 2.05) is 38.1 Å². The minimum Gasteiger partial charge on any atom is -0.465 e. The number of ether oxygens (including phenoxy) is 1. The fourth-order valence-corrected chi connectivity index (χ4v) is 2.12. The fourth-order valence-electron chi connectivity index (χ4n) is 2.12. The molecule has 0 heterocycles. The van der Waals surface area contributed by atoms with Gasteiger partial charge in [-0.15, -0.1) is 0 Å². The van der Waals surface area contributed by atoms with Crippen LogP contribution in [0.4, 0.5) is 11.4 Å².